The molecule has 3 aromatic carbocycles. The zero-order chi connectivity index (χ0) is 25.7. The number of fused-ring (bicyclic) bond motifs is 1. The van der Waals surface area contributed by atoms with E-state index in [1.165, 1.54) is 35.2 Å². The third-order valence-electron chi connectivity index (χ3n) is 6.52. The highest BCUT2D eigenvalue weighted by atomic mass is 19.4. The molecule has 1 aliphatic heterocycles. The summed E-state index contributed by atoms with van der Waals surface area (Å²) in [6.07, 6.45) is -3.40. The first-order valence-corrected chi connectivity index (χ1v) is 11.3. The Morgan fingerprint density at radius 2 is 1.72 bits per heavy atom. The molecule has 1 N–H and O–H groups in total. The second-order valence-electron chi connectivity index (χ2n) is 9.14. The van der Waals surface area contributed by atoms with Crippen molar-refractivity contribution < 1.29 is 33.7 Å². The smallest absolute Gasteiger partial charge is 0.417 e. The summed E-state index contributed by atoms with van der Waals surface area (Å²) in [5.74, 6) is 0.547. The summed E-state index contributed by atoms with van der Waals surface area (Å²) in [5, 5.41) is 2.80. The number of hydrogen-bond acceptors (Lipinski definition) is 4. The molecule has 1 fully saturated rings. The number of benzene rings is 3. The molecule has 3 aromatic rings. The quantitative estimate of drug-likeness (QED) is 0.489. The second kappa shape index (κ2) is 8.58. The summed E-state index contributed by atoms with van der Waals surface area (Å²) in [7, 11) is 3.14. The largest absolute Gasteiger partial charge is 0.454 e. The maximum atomic E-state index is 13.9. The molecule has 0 radical (unpaired) electrons. The van der Waals surface area contributed by atoms with E-state index in [0.717, 1.165) is 11.6 Å². The SMILES string of the molecule is CN(C)C(=O)c1cccc(-c2cc(NC(=O)C3(c4ccc5c(c4)OCO5)CC3)ccc2C(F)(F)F)c1.[HH]. The summed E-state index contributed by atoms with van der Waals surface area (Å²) in [4.78, 5) is 27.0. The van der Waals surface area contributed by atoms with Crippen LogP contribution >= 0.6 is 0 Å². The predicted octanol–water partition coefficient (Wildman–Crippen LogP) is 5.72. The van der Waals surface area contributed by atoms with Gasteiger partial charge in [-0.15, -0.1) is 0 Å². The van der Waals surface area contributed by atoms with Crippen LogP contribution < -0.4 is 14.8 Å². The zero-order valence-electron chi connectivity index (χ0n) is 19.6. The molecule has 1 saturated carbocycles. The van der Waals surface area contributed by atoms with Gasteiger partial charge in [0.05, 0.1) is 11.0 Å². The van der Waals surface area contributed by atoms with Crippen LogP contribution in [0.15, 0.2) is 60.7 Å². The van der Waals surface area contributed by atoms with Gasteiger partial charge in [0.15, 0.2) is 11.5 Å². The highest BCUT2D eigenvalue weighted by Gasteiger charge is 2.51. The van der Waals surface area contributed by atoms with Gasteiger partial charge in [-0.2, -0.15) is 13.2 Å². The fourth-order valence-corrected chi connectivity index (χ4v) is 4.40. The van der Waals surface area contributed by atoms with Gasteiger partial charge in [0.2, 0.25) is 12.7 Å². The van der Waals surface area contributed by atoms with E-state index in [0.29, 0.717) is 24.3 Å². The van der Waals surface area contributed by atoms with Crippen molar-refractivity contribution in [2.75, 3.05) is 26.2 Å². The Morgan fingerprint density at radius 3 is 2.42 bits per heavy atom. The van der Waals surface area contributed by atoms with E-state index in [4.69, 9.17) is 9.47 Å². The molecule has 6 nitrogen and oxygen atoms in total. The first-order chi connectivity index (χ1) is 17.1. The van der Waals surface area contributed by atoms with Crippen molar-refractivity contribution in [1.82, 2.24) is 4.90 Å². The molecule has 1 aliphatic carbocycles. The third kappa shape index (κ3) is 4.25. The van der Waals surface area contributed by atoms with Gasteiger partial charge in [0.1, 0.15) is 0 Å². The maximum Gasteiger partial charge on any atom is 0.417 e. The van der Waals surface area contributed by atoms with Gasteiger partial charge >= 0.3 is 6.18 Å². The van der Waals surface area contributed by atoms with Crippen molar-refractivity contribution in [3.63, 3.8) is 0 Å². The molecule has 9 heteroatoms. The molecule has 2 amide bonds. The lowest BCUT2D eigenvalue weighted by molar-refractivity contribution is -0.137. The molecule has 0 spiro atoms. The molecule has 0 saturated heterocycles. The molecule has 188 valence electrons. The Labute approximate surface area is 207 Å². The van der Waals surface area contributed by atoms with Crippen molar-refractivity contribution in [2.24, 2.45) is 0 Å². The van der Waals surface area contributed by atoms with Gasteiger partial charge in [-0.1, -0.05) is 18.2 Å². The Balaban J connectivity index is 0.00000320. The number of anilines is 1. The molecule has 5 rings (SSSR count). The van der Waals surface area contributed by atoms with E-state index >= 15 is 0 Å². The molecule has 0 aromatic heterocycles. The molecule has 36 heavy (non-hydrogen) atoms. The number of hydrogen-bond donors (Lipinski definition) is 1. The lowest BCUT2D eigenvalue weighted by Gasteiger charge is -2.19. The molecule has 0 unspecified atom stereocenters. The van der Waals surface area contributed by atoms with Crippen molar-refractivity contribution in [2.45, 2.75) is 24.4 Å². The van der Waals surface area contributed by atoms with Crippen LogP contribution in [0.3, 0.4) is 0 Å². The van der Waals surface area contributed by atoms with Crippen LogP contribution in [0.5, 0.6) is 11.5 Å². The Morgan fingerprint density at radius 1 is 0.972 bits per heavy atom. The van der Waals surface area contributed by atoms with Crippen LogP contribution in [0.2, 0.25) is 0 Å². The minimum absolute atomic E-state index is 0. The van der Waals surface area contributed by atoms with Crippen LogP contribution in [0.25, 0.3) is 11.1 Å². The lowest BCUT2D eigenvalue weighted by atomic mass is 9.93. The summed E-state index contributed by atoms with van der Waals surface area (Å²) in [6, 6.07) is 14.9. The number of nitrogens with zero attached hydrogens (tertiary/aromatic N) is 1. The fourth-order valence-electron chi connectivity index (χ4n) is 4.40. The average Bonchev–Trinajstić information content (AvgIpc) is 3.53. The van der Waals surface area contributed by atoms with Crippen molar-refractivity contribution in [1.29, 1.82) is 0 Å². The second-order valence-corrected chi connectivity index (χ2v) is 9.14. The number of carbonyl (C=O) groups excluding carboxylic acids is 2. The molecular formula is C27H25F3N2O4. The normalized spacial score (nSPS) is 15.4. The van der Waals surface area contributed by atoms with Gasteiger partial charge in [0.25, 0.3) is 5.91 Å². The van der Waals surface area contributed by atoms with Crippen LogP contribution in [0.4, 0.5) is 18.9 Å². The summed E-state index contributed by atoms with van der Waals surface area (Å²) >= 11 is 0. The van der Waals surface area contributed by atoms with Crippen LogP contribution in [-0.2, 0) is 16.4 Å². The van der Waals surface area contributed by atoms with E-state index in [-0.39, 0.29) is 42.4 Å². The predicted molar refractivity (Wildman–Crippen MR) is 129 cm³/mol. The van der Waals surface area contributed by atoms with Gasteiger partial charge in [0, 0.05) is 26.8 Å². The Bertz CT molecular complexity index is 1370. The van der Waals surface area contributed by atoms with E-state index in [2.05, 4.69) is 5.32 Å². The monoisotopic (exact) mass is 498 g/mol. The van der Waals surface area contributed by atoms with Crippen LogP contribution in [0.1, 0.15) is 35.8 Å². The van der Waals surface area contributed by atoms with E-state index in [9.17, 15) is 22.8 Å². The van der Waals surface area contributed by atoms with E-state index in [1.807, 2.05) is 6.07 Å². The lowest BCUT2D eigenvalue weighted by Crippen LogP contribution is -2.27. The summed E-state index contributed by atoms with van der Waals surface area (Å²) in [6.45, 7) is 0.119. The van der Waals surface area contributed by atoms with Crippen molar-refractivity contribution in [3.05, 3.63) is 77.4 Å². The van der Waals surface area contributed by atoms with Gasteiger partial charge in [-0.3, -0.25) is 9.59 Å². The highest BCUT2D eigenvalue weighted by Crippen LogP contribution is 2.51. The third-order valence-corrected chi connectivity index (χ3v) is 6.52. The number of amides is 2. The topological polar surface area (TPSA) is 67.9 Å². The highest BCUT2D eigenvalue weighted by molar-refractivity contribution is 6.02. The number of halogens is 3. The number of nitrogens with one attached hydrogen (secondary N) is 1. The van der Waals surface area contributed by atoms with E-state index in [1.54, 1.807) is 32.3 Å². The summed E-state index contributed by atoms with van der Waals surface area (Å²) < 4.78 is 52.3. The molecule has 2 aliphatic rings. The molecular weight excluding hydrogens is 473 g/mol. The van der Waals surface area contributed by atoms with Crippen molar-refractivity contribution in [3.8, 4) is 22.6 Å². The van der Waals surface area contributed by atoms with Gasteiger partial charge in [-0.25, -0.2) is 0 Å². The minimum atomic E-state index is -4.62. The van der Waals surface area contributed by atoms with Crippen molar-refractivity contribution >= 4 is 17.5 Å². The first-order valence-electron chi connectivity index (χ1n) is 11.3. The Hall–Kier alpha value is -4.01. The fraction of sp³-hybridized carbons (Fsp3) is 0.259. The van der Waals surface area contributed by atoms with Gasteiger partial charge < -0.3 is 19.7 Å². The standard InChI is InChI=1S/C27H23F3N2O4.H2/c1-32(2)24(33)17-5-3-4-16(12-17)20-14-19(7-8-21(20)27(28,29)30)31-25(34)26(10-11-26)18-6-9-22-23(13-18)36-15-35-22;/h3-9,12-14H,10-11,15H2,1-2H3,(H,31,34);1H. The van der Waals surface area contributed by atoms with E-state index < -0.39 is 17.2 Å². The Kier molecular flexibility index (Phi) is 5.65. The zero-order valence-corrected chi connectivity index (χ0v) is 19.6. The number of carbonyl (C=O) groups is 2. The number of alkyl halides is 3. The average molecular weight is 499 g/mol. The summed E-state index contributed by atoms with van der Waals surface area (Å²) in [5.41, 5.74) is -0.260. The first kappa shape index (κ1) is 23.7. The van der Waals surface area contributed by atoms with Gasteiger partial charge in [-0.05, 0) is 72.0 Å². The van der Waals surface area contributed by atoms with Crippen LogP contribution in [0, 0.1) is 0 Å². The molecule has 1 heterocycles. The minimum Gasteiger partial charge on any atom is -0.454 e. The molecule has 0 atom stereocenters. The molecule has 0 bridgehead atoms. The maximum absolute atomic E-state index is 13.9. The number of ether oxygens (including phenoxy) is 2. The van der Waals surface area contributed by atoms with Crippen LogP contribution in [-0.4, -0.2) is 37.6 Å². The number of rotatable bonds is 5.